The van der Waals surface area contributed by atoms with Crippen LogP contribution in [-0.4, -0.2) is 70.9 Å². The smallest absolute Gasteiger partial charge is 0.407 e. The minimum Gasteiger partial charge on any atom is -0.481 e. The largest absolute Gasteiger partial charge is 0.481 e. The second-order valence-electron chi connectivity index (χ2n) is 7.72. The Morgan fingerprint density at radius 3 is 2.58 bits per heavy atom. The van der Waals surface area contributed by atoms with Crippen LogP contribution >= 0.6 is 0 Å². The molecule has 2 heterocycles. The van der Waals surface area contributed by atoms with Gasteiger partial charge in [0.25, 0.3) is 5.88 Å². The number of rotatable bonds is 6. The van der Waals surface area contributed by atoms with E-state index in [9.17, 15) is 32.3 Å². The average Bonchev–Trinajstić information content (AvgIpc) is 3.14. The Bertz CT molecular complexity index is 845. The van der Waals surface area contributed by atoms with Crippen molar-refractivity contribution in [2.75, 3.05) is 20.7 Å². The molecule has 0 radical (unpaired) electrons. The third-order valence-electron chi connectivity index (χ3n) is 5.58. The first kappa shape index (κ1) is 22.9. The predicted octanol–water partition coefficient (Wildman–Crippen LogP) is 3.05. The van der Waals surface area contributed by atoms with Gasteiger partial charge in [0.15, 0.2) is 5.82 Å². The van der Waals surface area contributed by atoms with Gasteiger partial charge in [-0.05, 0) is 31.7 Å². The van der Waals surface area contributed by atoms with E-state index >= 15 is 0 Å². The van der Waals surface area contributed by atoms with Gasteiger partial charge in [0.2, 0.25) is 11.8 Å². The van der Waals surface area contributed by atoms with Crippen molar-refractivity contribution in [1.29, 1.82) is 0 Å². The van der Waals surface area contributed by atoms with Crippen LogP contribution in [0.25, 0.3) is 0 Å². The van der Waals surface area contributed by atoms with Crippen LogP contribution in [0.3, 0.4) is 0 Å². The van der Waals surface area contributed by atoms with Crippen LogP contribution in [0, 0.1) is 11.7 Å². The number of likely N-dealkylation sites (tertiary alicyclic amines) is 1. The minimum absolute atomic E-state index is 0.0377. The third kappa shape index (κ3) is 4.93. The van der Waals surface area contributed by atoms with Crippen LogP contribution in [-0.2, 0) is 11.3 Å². The van der Waals surface area contributed by atoms with Crippen LogP contribution in [0.2, 0.25) is 0 Å². The van der Waals surface area contributed by atoms with Crippen LogP contribution in [0.4, 0.5) is 22.4 Å². The molecule has 1 aromatic heterocycles. The molecule has 12 heteroatoms. The number of hydrogen-bond acceptors (Lipinski definition) is 5. The lowest BCUT2D eigenvalue weighted by atomic mass is 9.82. The molecule has 172 valence electrons. The van der Waals surface area contributed by atoms with Crippen LogP contribution in [0.1, 0.15) is 31.2 Å². The monoisotopic (exact) mass is 449 g/mol. The van der Waals surface area contributed by atoms with Crippen molar-refractivity contribution >= 4 is 12.0 Å². The Kier molecular flexibility index (Phi) is 6.46. The quantitative estimate of drug-likeness (QED) is 0.672. The summed E-state index contributed by atoms with van der Waals surface area (Å²) >= 11 is 0. The van der Waals surface area contributed by atoms with E-state index in [-0.39, 0.29) is 37.4 Å². The molecule has 1 aromatic rings. The number of nitrogens with zero attached hydrogens (tertiary/aromatic N) is 3. The fourth-order valence-corrected chi connectivity index (χ4v) is 3.79. The van der Waals surface area contributed by atoms with Crippen molar-refractivity contribution in [1.82, 2.24) is 14.8 Å². The van der Waals surface area contributed by atoms with Crippen molar-refractivity contribution < 1.29 is 41.7 Å². The van der Waals surface area contributed by atoms with Gasteiger partial charge < -0.3 is 19.5 Å². The number of pyridine rings is 1. The van der Waals surface area contributed by atoms with E-state index in [4.69, 9.17) is 9.47 Å². The number of carboxylic acid groups (broad SMARTS) is 1. The molecule has 0 aromatic carbocycles. The first-order valence-corrected chi connectivity index (χ1v) is 9.72. The van der Waals surface area contributed by atoms with Crippen LogP contribution < -0.4 is 9.47 Å². The highest BCUT2D eigenvalue weighted by Crippen LogP contribution is 2.43. The number of likely N-dealkylation sites (N-methyl/N-ethyl adjacent to an activating group) is 1. The van der Waals surface area contributed by atoms with Gasteiger partial charge >= 0.3 is 12.3 Å². The Balaban J connectivity index is 1.67. The molecule has 2 fully saturated rings. The number of ether oxygens (including phenoxy) is 2. The van der Waals surface area contributed by atoms with Gasteiger partial charge in [-0.3, -0.25) is 9.69 Å². The lowest BCUT2D eigenvalue weighted by Crippen LogP contribution is -2.45. The van der Waals surface area contributed by atoms with Crippen LogP contribution in [0.5, 0.6) is 11.8 Å². The summed E-state index contributed by atoms with van der Waals surface area (Å²) in [4.78, 5) is 30.2. The zero-order valence-corrected chi connectivity index (χ0v) is 17.0. The first-order valence-electron chi connectivity index (χ1n) is 9.72. The average molecular weight is 449 g/mol. The summed E-state index contributed by atoms with van der Waals surface area (Å²) in [6.07, 6.45) is -5.86. The van der Waals surface area contributed by atoms with Gasteiger partial charge in [-0.15, -0.1) is 0 Å². The fourth-order valence-electron chi connectivity index (χ4n) is 3.79. The molecule has 1 saturated carbocycles. The molecule has 2 amide bonds. The van der Waals surface area contributed by atoms with E-state index < -0.39 is 47.9 Å². The van der Waals surface area contributed by atoms with Crippen LogP contribution in [0.15, 0.2) is 6.07 Å². The normalized spacial score (nSPS) is 23.3. The lowest BCUT2D eigenvalue weighted by molar-refractivity contribution is -0.210. The predicted molar refractivity (Wildman–Crippen MR) is 98.2 cm³/mol. The Morgan fingerprint density at radius 2 is 2.00 bits per heavy atom. The summed E-state index contributed by atoms with van der Waals surface area (Å²) in [5.41, 5.74) is 0.213. The summed E-state index contributed by atoms with van der Waals surface area (Å²) in [6.45, 7) is 0.164. The molecule has 1 unspecified atom stereocenters. The number of halogens is 4. The maximum atomic E-state index is 14.5. The minimum atomic E-state index is -4.31. The molecule has 1 aliphatic heterocycles. The van der Waals surface area contributed by atoms with Gasteiger partial charge in [0, 0.05) is 19.2 Å². The zero-order valence-electron chi connectivity index (χ0n) is 17.0. The fraction of sp³-hybridized carbons (Fsp3) is 0.632. The highest BCUT2D eigenvalue weighted by Gasteiger charge is 2.49. The Labute approximate surface area is 175 Å². The molecule has 0 bridgehead atoms. The van der Waals surface area contributed by atoms with Gasteiger partial charge in [0.05, 0.1) is 19.6 Å². The summed E-state index contributed by atoms with van der Waals surface area (Å²) in [6, 6.07) is 0.239. The van der Waals surface area contributed by atoms with Crippen molar-refractivity contribution in [2.24, 2.45) is 5.92 Å². The summed E-state index contributed by atoms with van der Waals surface area (Å²) in [5.74, 6) is -3.30. The van der Waals surface area contributed by atoms with E-state index in [0.717, 1.165) is 11.0 Å². The maximum Gasteiger partial charge on any atom is 0.407 e. The Hall–Kier alpha value is -2.79. The maximum absolute atomic E-state index is 14.5. The summed E-state index contributed by atoms with van der Waals surface area (Å²) in [5, 5.41) is 9.21. The summed E-state index contributed by atoms with van der Waals surface area (Å²) in [7, 11) is 2.73. The van der Waals surface area contributed by atoms with E-state index in [1.807, 2.05) is 0 Å². The number of carbonyl (C=O) groups is 2. The SMILES string of the molecule is COc1nc(OC2CC(C(F)(F)F)C2)c(F)cc1CN(C)C(=O)C1CCCN1C(=O)O. The molecule has 1 saturated heterocycles. The molecular weight excluding hydrogens is 426 g/mol. The highest BCUT2D eigenvalue weighted by molar-refractivity contribution is 5.85. The van der Waals surface area contributed by atoms with Crippen molar-refractivity contribution in [3.63, 3.8) is 0 Å². The second kappa shape index (κ2) is 8.75. The second-order valence-corrected chi connectivity index (χ2v) is 7.72. The van der Waals surface area contributed by atoms with Gasteiger partial charge in [-0.25, -0.2) is 9.18 Å². The highest BCUT2D eigenvalue weighted by atomic mass is 19.4. The summed E-state index contributed by atoms with van der Waals surface area (Å²) < 4.78 is 62.7. The van der Waals surface area contributed by atoms with E-state index in [1.165, 1.54) is 19.1 Å². The van der Waals surface area contributed by atoms with Gasteiger partial charge in [-0.2, -0.15) is 18.2 Å². The Morgan fingerprint density at radius 1 is 1.32 bits per heavy atom. The number of carbonyl (C=O) groups excluding carboxylic acids is 1. The zero-order chi connectivity index (χ0) is 22.9. The number of methoxy groups -OCH3 is 1. The number of amides is 2. The van der Waals surface area contributed by atoms with Crippen molar-refractivity contribution in [2.45, 2.75) is 50.6 Å². The van der Waals surface area contributed by atoms with E-state index in [2.05, 4.69) is 4.98 Å². The lowest BCUT2D eigenvalue weighted by Gasteiger charge is -2.36. The van der Waals surface area contributed by atoms with Crippen molar-refractivity contribution in [3.8, 4) is 11.8 Å². The van der Waals surface area contributed by atoms with E-state index in [0.29, 0.717) is 12.8 Å². The number of hydrogen-bond donors (Lipinski definition) is 1. The molecule has 31 heavy (non-hydrogen) atoms. The molecule has 2 aliphatic rings. The molecule has 1 atom stereocenters. The number of alkyl halides is 3. The molecule has 1 aliphatic carbocycles. The molecule has 3 rings (SSSR count). The molecule has 8 nitrogen and oxygen atoms in total. The van der Waals surface area contributed by atoms with Crippen molar-refractivity contribution in [3.05, 3.63) is 17.4 Å². The molecular formula is C19H23F4N3O5. The first-order chi connectivity index (χ1) is 14.5. The molecule has 1 N–H and O–H groups in total. The standard InChI is InChI=1S/C19H23F4N3O5/c1-25(17(27)14-4-3-5-26(14)18(28)29)9-10-6-13(20)16(24-15(10)30-2)31-12-7-11(8-12)19(21,22)23/h6,11-12,14H,3-5,7-9H2,1-2H3,(H,28,29). The molecule has 0 spiro atoms. The topological polar surface area (TPSA) is 92.2 Å². The third-order valence-corrected chi connectivity index (χ3v) is 5.58. The van der Waals surface area contributed by atoms with Gasteiger partial charge in [0.1, 0.15) is 12.1 Å². The van der Waals surface area contributed by atoms with Gasteiger partial charge in [-0.1, -0.05) is 0 Å². The number of aromatic nitrogens is 1. The van der Waals surface area contributed by atoms with E-state index in [1.54, 1.807) is 0 Å².